The smallest absolute Gasteiger partial charge is 0.226 e. The van der Waals surface area contributed by atoms with E-state index in [1.165, 1.54) is 6.92 Å². The molecule has 0 radical (unpaired) electrons. The van der Waals surface area contributed by atoms with Crippen LogP contribution in [0.4, 0.5) is 5.69 Å². The number of hydrogen-bond acceptors (Lipinski definition) is 2. The van der Waals surface area contributed by atoms with E-state index in [1.807, 2.05) is 12.1 Å². The van der Waals surface area contributed by atoms with Crippen LogP contribution in [0.3, 0.4) is 0 Å². The van der Waals surface area contributed by atoms with Crippen molar-refractivity contribution in [1.29, 1.82) is 0 Å². The summed E-state index contributed by atoms with van der Waals surface area (Å²) in [5, 5.41) is 4.24. The molecule has 0 bridgehead atoms. The largest absolute Gasteiger partial charge is 0.338 e. The molecule has 2 aromatic rings. The van der Waals surface area contributed by atoms with E-state index >= 15 is 0 Å². The van der Waals surface area contributed by atoms with Crippen molar-refractivity contribution < 1.29 is 9.59 Å². The summed E-state index contributed by atoms with van der Waals surface area (Å²) < 4.78 is 0. The van der Waals surface area contributed by atoms with Gasteiger partial charge in [-0.15, -0.1) is 0 Å². The Morgan fingerprint density at radius 3 is 2.12 bits per heavy atom. The summed E-state index contributed by atoms with van der Waals surface area (Å²) in [5.41, 5.74) is 1.47. The molecule has 1 N–H and O–H groups in total. The SMILES string of the molecule is CC(=O)N(CCC(=O)Nc1cc(Cl)cc(Cl)c1)Cc1ccc(Cl)cc1. The van der Waals surface area contributed by atoms with Crippen molar-refractivity contribution in [3.63, 3.8) is 0 Å². The summed E-state index contributed by atoms with van der Waals surface area (Å²) in [6, 6.07) is 12.1. The van der Waals surface area contributed by atoms with E-state index in [2.05, 4.69) is 5.32 Å². The summed E-state index contributed by atoms with van der Waals surface area (Å²) in [4.78, 5) is 25.5. The van der Waals surface area contributed by atoms with Crippen molar-refractivity contribution in [3.05, 3.63) is 63.1 Å². The van der Waals surface area contributed by atoms with Crippen LogP contribution in [0.15, 0.2) is 42.5 Å². The molecule has 0 aliphatic carbocycles. The maximum absolute atomic E-state index is 12.1. The highest BCUT2D eigenvalue weighted by Crippen LogP contribution is 2.22. The number of rotatable bonds is 6. The average molecular weight is 400 g/mol. The van der Waals surface area contributed by atoms with E-state index in [9.17, 15) is 9.59 Å². The standard InChI is InChI=1S/C18H17Cl3N2O2/c1-12(24)23(11-13-2-4-14(19)5-3-13)7-6-18(25)22-17-9-15(20)8-16(21)10-17/h2-5,8-10H,6-7,11H2,1H3,(H,22,25). The third-order valence-electron chi connectivity index (χ3n) is 3.49. The summed E-state index contributed by atoms with van der Waals surface area (Å²) in [6.45, 7) is 2.20. The summed E-state index contributed by atoms with van der Waals surface area (Å²) in [6.07, 6.45) is 0.164. The average Bonchev–Trinajstić information content (AvgIpc) is 2.51. The van der Waals surface area contributed by atoms with Crippen LogP contribution in [0, 0.1) is 0 Å². The molecular formula is C18H17Cl3N2O2. The number of nitrogens with one attached hydrogen (secondary N) is 1. The van der Waals surface area contributed by atoms with Crippen molar-refractivity contribution in [3.8, 4) is 0 Å². The Balaban J connectivity index is 1.92. The minimum Gasteiger partial charge on any atom is -0.338 e. The van der Waals surface area contributed by atoms with Crippen LogP contribution in [0.2, 0.25) is 15.1 Å². The molecule has 0 heterocycles. The molecule has 0 atom stereocenters. The van der Waals surface area contributed by atoms with Gasteiger partial charge in [-0.25, -0.2) is 0 Å². The quantitative estimate of drug-likeness (QED) is 0.741. The predicted octanol–water partition coefficient (Wildman–Crippen LogP) is 5.02. The normalized spacial score (nSPS) is 10.4. The second-order valence-corrected chi connectivity index (χ2v) is 6.83. The first-order valence-electron chi connectivity index (χ1n) is 7.59. The lowest BCUT2D eigenvalue weighted by Crippen LogP contribution is -2.31. The maximum atomic E-state index is 12.1. The van der Waals surface area contributed by atoms with E-state index in [-0.39, 0.29) is 18.2 Å². The van der Waals surface area contributed by atoms with Crippen LogP contribution in [-0.4, -0.2) is 23.3 Å². The van der Waals surface area contributed by atoms with Gasteiger partial charge in [0.05, 0.1) is 0 Å². The van der Waals surface area contributed by atoms with Gasteiger partial charge in [0.2, 0.25) is 11.8 Å². The van der Waals surface area contributed by atoms with Gasteiger partial charge in [-0.1, -0.05) is 46.9 Å². The van der Waals surface area contributed by atoms with Gasteiger partial charge in [0.15, 0.2) is 0 Å². The Labute approximate surface area is 161 Å². The molecule has 7 heteroatoms. The van der Waals surface area contributed by atoms with Crippen molar-refractivity contribution in [2.45, 2.75) is 19.9 Å². The molecule has 0 aromatic heterocycles. The lowest BCUT2D eigenvalue weighted by Gasteiger charge is -2.21. The van der Waals surface area contributed by atoms with Gasteiger partial charge in [0.25, 0.3) is 0 Å². The maximum Gasteiger partial charge on any atom is 0.226 e. The van der Waals surface area contributed by atoms with Crippen molar-refractivity contribution >= 4 is 52.3 Å². The van der Waals surface area contributed by atoms with Gasteiger partial charge in [-0.05, 0) is 35.9 Å². The third-order valence-corrected chi connectivity index (χ3v) is 4.18. The van der Waals surface area contributed by atoms with Gasteiger partial charge in [-0.2, -0.15) is 0 Å². The molecule has 0 aliphatic rings. The number of halogens is 3. The highest BCUT2D eigenvalue weighted by atomic mass is 35.5. The highest BCUT2D eigenvalue weighted by molar-refractivity contribution is 6.35. The minimum absolute atomic E-state index is 0.103. The number of nitrogens with zero attached hydrogens (tertiary/aromatic N) is 1. The number of hydrogen-bond donors (Lipinski definition) is 1. The Morgan fingerprint density at radius 2 is 1.56 bits per heavy atom. The van der Waals surface area contributed by atoms with E-state index in [1.54, 1.807) is 35.2 Å². The fourth-order valence-electron chi connectivity index (χ4n) is 2.24. The van der Waals surface area contributed by atoms with E-state index in [0.29, 0.717) is 33.8 Å². The predicted molar refractivity (Wildman–Crippen MR) is 102 cm³/mol. The molecule has 25 heavy (non-hydrogen) atoms. The molecule has 2 aromatic carbocycles. The zero-order chi connectivity index (χ0) is 18.4. The first-order valence-corrected chi connectivity index (χ1v) is 8.73. The molecule has 0 saturated heterocycles. The van der Waals surface area contributed by atoms with Gasteiger partial charge < -0.3 is 10.2 Å². The molecule has 132 valence electrons. The molecule has 0 aliphatic heterocycles. The highest BCUT2D eigenvalue weighted by Gasteiger charge is 2.12. The van der Waals surface area contributed by atoms with E-state index in [0.717, 1.165) is 5.56 Å². The van der Waals surface area contributed by atoms with Gasteiger partial charge in [0, 0.05) is 47.2 Å². The number of amides is 2. The van der Waals surface area contributed by atoms with Crippen LogP contribution in [0.25, 0.3) is 0 Å². The summed E-state index contributed by atoms with van der Waals surface area (Å²) in [7, 11) is 0. The van der Waals surface area contributed by atoms with Crippen LogP contribution in [0.5, 0.6) is 0 Å². The zero-order valence-corrected chi connectivity index (χ0v) is 15.8. The van der Waals surface area contributed by atoms with E-state index < -0.39 is 0 Å². The number of carbonyl (C=O) groups excluding carboxylic acids is 2. The van der Waals surface area contributed by atoms with Crippen LogP contribution in [0.1, 0.15) is 18.9 Å². The topological polar surface area (TPSA) is 49.4 Å². The molecule has 2 rings (SSSR count). The van der Waals surface area contributed by atoms with Crippen molar-refractivity contribution in [2.24, 2.45) is 0 Å². The Bertz CT molecular complexity index is 743. The molecule has 0 spiro atoms. The van der Waals surface area contributed by atoms with Crippen molar-refractivity contribution in [2.75, 3.05) is 11.9 Å². The first kappa shape index (κ1) is 19.6. The van der Waals surface area contributed by atoms with Crippen LogP contribution < -0.4 is 5.32 Å². The summed E-state index contributed by atoms with van der Waals surface area (Å²) >= 11 is 17.7. The molecule has 0 saturated carbocycles. The number of benzene rings is 2. The first-order chi connectivity index (χ1) is 11.8. The van der Waals surface area contributed by atoms with Gasteiger partial charge >= 0.3 is 0 Å². The van der Waals surface area contributed by atoms with Gasteiger partial charge in [0.1, 0.15) is 0 Å². The Kier molecular flexibility index (Phi) is 7.12. The molecular weight excluding hydrogens is 383 g/mol. The van der Waals surface area contributed by atoms with Crippen molar-refractivity contribution in [1.82, 2.24) is 4.90 Å². The lowest BCUT2D eigenvalue weighted by molar-refractivity contribution is -0.129. The number of anilines is 1. The lowest BCUT2D eigenvalue weighted by atomic mass is 10.2. The zero-order valence-electron chi connectivity index (χ0n) is 13.6. The number of carbonyl (C=O) groups is 2. The second kappa shape index (κ2) is 9.09. The third kappa shape index (κ3) is 6.58. The Morgan fingerprint density at radius 1 is 0.960 bits per heavy atom. The minimum atomic E-state index is -0.222. The van der Waals surface area contributed by atoms with E-state index in [4.69, 9.17) is 34.8 Å². The fraction of sp³-hybridized carbons (Fsp3) is 0.222. The molecule has 0 fully saturated rings. The van der Waals surface area contributed by atoms with Gasteiger partial charge in [-0.3, -0.25) is 9.59 Å². The molecule has 4 nitrogen and oxygen atoms in total. The summed E-state index contributed by atoms with van der Waals surface area (Å²) in [5.74, 6) is -0.325. The molecule has 0 unspecified atom stereocenters. The fourth-order valence-corrected chi connectivity index (χ4v) is 2.90. The Hall–Kier alpha value is -1.75. The monoisotopic (exact) mass is 398 g/mol. The second-order valence-electron chi connectivity index (χ2n) is 5.52. The van der Waals surface area contributed by atoms with Crippen LogP contribution >= 0.6 is 34.8 Å². The van der Waals surface area contributed by atoms with Crippen LogP contribution in [-0.2, 0) is 16.1 Å². The molecule has 2 amide bonds.